The van der Waals surface area contributed by atoms with Crippen LogP contribution in [0.15, 0.2) is 57.2 Å². The van der Waals surface area contributed by atoms with Crippen LogP contribution < -0.4 is 10.2 Å². The summed E-state index contributed by atoms with van der Waals surface area (Å²) in [5.74, 6) is 1.63. The number of hydrogen-bond acceptors (Lipinski definition) is 6. The second kappa shape index (κ2) is 11.7. The molecule has 4 rings (SSSR count). The van der Waals surface area contributed by atoms with Gasteiger partial charge in [0, 0.05) is 11.6 Å². The zero-order valence-electron chi connectivity index (χ0n) is 19.3. The minimum atomic E-state index is -0.191. The Kier molecular flexibility index (Phi) is 8.39. The number of hydrazone groups is 1. The van der Waals surface area contributed by atoms with Crippen LogP contribution in [0.3, 0.4) is 0 Å². The Hall–Kier alpha value is -2.65. The molecule has 0 saturated heterocycles. The Morgan fingerprint density at radius 1 is 1.21 bits per heavy atom. The van der Waals surface area contributed by atoms with Crippen molar-refractivity contribution in [2.45, 2.75) is 50.2 Å². The number of methoxy groups -OCH3 is 1. The molecule has 1 heterocycles. The molecule has 0 aliphatic heterocycles. The lowest BCUT2D eigenvalue weighted by Gasteiger charge is -2.25. The van der Waals surface area contributed by atoms with E-state index in [2.05, 4.69) is 72.4 Å². The lowest BCUT2D eigenvalue weighted by Crippen LogP contribution is -2.20. The molecule has 1 amide bonds. The van der Waals surface area contributed by atoms with Crippen LogP contribution in [0, 0.1) is 6.92 Å². The van der Waals surface area contributed by atoms with Crippen molar-refractivity contribution in [1.82, 2.24) is 20.2 Å². The van der Waals surface area contributed by atoms with Crippen molar-refractivity contribution < 1.29 is 9.53 Å². The molecule has 0 radical (unpaired) electrons. The number of ether oxygens (including phenoxy) is 1. The smallest absolute Gasteiger partial charge is 0.250 e. The van der Waals surface area contributed by atoms with Gasteiger partial charge in [-0.25, -0.2) is 5.43 Å². The van der Waals surface area contributed by atoms with E-state index in [0.29, 0.717) is 6.04 Å². The molecule has 7 nitrogen and oxygen atoms in total. The molecule has 9 heteroatoms. The Balaban J connectivity index is 1.43. The Morgan fingerprint density at radius 2 is 1.97 bits per heavy atom. The quantitative estimate of drug-likeness (QED) is 0.222. The van der Waals surface area contributed by atoms with Gasteiger partial charge in [-0.2, -0.15) is 5.10 Å². The standard InChI is InChI=1S/C25H28BrN5O2S/c1-17-8-11-19(12-9-17)24-29-30-25(31(24)20-6-4-3-5-7-20)34-16-23(32)28-27-15-18-10-13-22(33-2)21(26)14-18/h8-15,20H,3-7,16H2,1-2H3,(H,28,32)/b27-15-. The number of nitrogens with one attached hydrogen (secondary N) is 1. The van der Waals surface area contributed by atoms with E-state index in [-0.39, 0.29) is 11.7 Å². The van der Waals surface area contributed by atoms with Crippen LogP contribution in [-0.4, -0.2) is 39.7 Å². The van der Waals surface area contributed by atoms with Crippen LogP contribution in [0.4, 0.5) is 0 Å². The predicted octanol–water partition coefficient (Wildman–Crippen LogP) is 5.77. The monoisotopic (exact) mass is 541 g/mol. The summed E-state index contributed by atoms with van der Waals surface area (Å²) in [6.07, 6.45) is 7.50. The first kappa shape index (κ1) is 24.5. The third-order valence-electron chi connectivity index (χ3n) is 5.83. The zero-order valence-corrected chi connectivity index (χ0v) is 21.7. The van der Waals surface area contributed by atoms with Gasteiger partial charge in [0.15, 0.2) is 11.0 Å². The number of aromatic nitrogens is 3. The molecule has 0 unspecified atom stereocenters. The molecule has 0 atom stereocenters. The predicted molar refractivity (Wildman–Crippen MR) is 139 cm³/mol. The van der Waals surface area contributed by atoms with Gasteiger partial charge in [0.05, 0.1) is 23.5 Å². The summed E-state index contributed by atoms with van der Waals surface area (Å²) in [6.45, 7) is 2.07. The summed E-state index contributed by atoms with van der Waals surface area (Å²) in [5.41, 5.74) is 5.71. The minimum Gasteiger partial charge on any atom is -0.496 e. The average Bonchev–Trinajstić information content (AvgIpc) is 3.28. The van der Waals surface area contributed by atoms with E-state index in [9.17, 15) is 4.79 Å². The third-order valence-corrected chi connectivity index (χ3v) is 7.39. The average molecular weight is 543 g/mol. The van der Waals surface area contributed by atoms with E-state index >= 15 is 0 Å². The number of carbonyl (C=O) groups excluding carboxylic acids is 1. The maximum atomic E-state index is 12.4. The largest absolute Gasteiger partial charge is 0.496 e. The second-order valence-electron chi connectivity index (χ2n) is 8.31. The van der Waals surface area contributed by atoms with E-state index < -0.39 is 0 Å². The topological polar surface area (TPSA) is 81.4 Å². The van der Waals surface area contributed by atoms with E-state index in [1.807, 2.05) is 18.2 Å². The summed E-state index contributed by atoms with van der Waals surface area (Å²) < 4.78 is 8.29. The first-order chi connectivity index (χ1) is 16.5. The number of halogens is 1. The zero-order chi connectivity index (χ0) is 23.9. The van der Waals surface area contributed by atoms with Crippen LogP contribution in [0.25, 0.3) is 11.4 Å². The number of benzene rings is 2. The van der Waals surface area contributed by atoms with E-state index in [4.69, 9.17) is 4.74 Å². The number of carbonyl (C=O) groups is 1. The molecule has 0 spiro atoms. The van der Waals surface area contributed by atoms with Gasteiger partial charge >= 0.3 is 0 Å². The Labute approximate surface area is 212 Å². The van der Waals surface area contributed by atoms with Gasteiger partial charge in [0.2, 0.25) is 0 Å². The first-order valence-electron chi connectivity index (χ1n) is 11.4. The van der Waals surface area contributed by atoms with Crippen LogP contribution in [0.1, 0.15) is 49.3 Å². The molecule has 2 aromatic carbocycles. The van der Waals surface area contributed by atoms with E-state index in [0.717, 1.165) is 45.2 Å². The number of amides is 1. The number of aryl methyl sites for hydroxylation is 1. The molecule has 1 N–H and O–H groups in total. The fourth-order valence-corrected chi connectivity index (χ4v) is 5.40. The maximum absolute atomic E-state index is 12.4. The highest BCUT2D eigenvalue weighted by atomic mass is 79.9. The van der Waals surface area contributed by atoms with E-state index in [1.165, 1.54) is 36.6 Å². The number of nitrogens with zero attached hydrogens (tertiary/aromatic N) is 4. The summed E-state index contributed by atoms with van der Waals surface area (Å²) in [5, 5.41) is 13.8. The van der Waals surface area contributed by atoms with Crippen molar-refractivity contribution >= 4 is 39.8 Å². The third kappa shape index (κ3) is 6.07. The maximum Gasteiger partial charge on any atom is 0.250 e. The molecule has 1 fully saturated rings. The van der Waals surface area contributed by atoms with Crippen molar-refractivity contribution in [1.29, 1.82) is 0 Å². The summed E-state index contributed by atoms with van der Waals surface area (Å²) >= 11 is 4.85. The molecular formula is C25H28BrN5O2S. The SMILES string of the molecule is COc1ccc(/C=N\NC(=O)CSc2nnc(-c3ccc(C)cc3)n2C2CCCCC2)cc1Br. The first-order valence-corrected chi connectivity index (χ1v) is 13.1. The minimum absolute atomic E-state index is 0.191. The summed E-state index contributed by atoms with van der Waals surface area (Å²) in [7, 11) is 1.62. The van der Waals surface area contributed by atoms with Crippen LogP contribution in [0.5, 0.6) is 5.75 Å². The summed E-state index contributed by atoms with van der Waals surface area (Å²) in [6, 6.07) is 14.3. The van der Waals surface area contributed by atoms with Crippen molar-refractivity contribution in [2.75, 3.05) is 12.9 Å². The molecule has 178 valence electrons. The van der Waals surface area contributed by atoms with Crippen molar-refractivity contribution in [3.8, 4) is 17.1 Å². The Morgan fingerprint density at radius 3 is 2.68 bits per heavy atom. The van der Waals surface area contributed by atoms with Crippen LogP contribution in [0.2, 0.25) is 0 Å². The lowest BCUT2D eigenvalue weighted by atomic mass is 9.95. The van der Waals surface area contributed by atoms with Gasteiger partial charge in [-0.05, 0) is 59.5 Å². The molecule has 1 aliphatic rings. The molecule has 34 heavy (non-hydrogen) atoms. The molecule has 3 aromatic rings. The Bertz CT molecular complexity index is 1160. The van der Waals surface area contributed by atoms with Gasteiger partial charge in [0.1, 0.15) is 5.75 Å². The highest BCUT2D eigenvalue weighted by molar-refractivity contribution is 9.10. The van der Waals surface area contributed by atoms with Crippen molar-refractivity contribution in [2.24, 2.45) is 5.10 Å². The molecule has 0 bridgehead atoms. The van der Waals surface area contributed by atoms with Crippen LogP contribution >= 0.6 is 27.7 Å². The van der Waals surface area contributed by atoms with E-state index in [1.54, 1.807) is 13.3 Å². The summed E-state index contributed by atoms with van der Waals surface area (Å²) in [4.78, 5) is 12.4. The van der Waals surface area contributed by atoms with Gasteiger partial charge in [0.25, 0.3) is 5.91 Å². The number of hydrogen-bond donors (Lipinski definition) is 1. The number of thioether (sulfide) groups is 1. The second-order valence-corrected chi connectivity index (χ2v) is 10.1. The fraction of sp³-hybridized carbons (Fsp3) is 0.360. The van der Waals surface area contributed by atoms with Crippen LogP contribution in [-0.2, 0) is 4.79 Å². The van der Waals surface area contributed by atoms with Crippen molar-refractivity contribution in [3.63, 3.8) is 0 Å². The molecule has 1 aliphatic carbocycles. The van der Waals surface area contributed by atoms with Gasteiger partial charge in [-0.1, -0.05) is 60.9 Å². The molecule has 1 saturated carbocycles. The highest BCUT2D eigenvalue weighted by Gasteiger charge is 2.24. The fourth-order valence-electron chi connectivity index (χ4n) is 4.05. The van der Waals surface area contributed by atoms with Gasteiger partial charge in [-0.15, -0.1) is 10.2 Å². The normalized spacial score (nSPS) is 14.4. The van der Waals surface area contributed by atoms with Gasteiger partial charge in [-0.3, -0.25) is 9.36 Å². The highest BCUT2D eigenvalue weighted by Crippen LogP contribution is 2.35. The van der Waals surface area contributed by atoms with Gasteiger partial charge < -0.3 is 4.74 Å². The number of rotatable bonds is 8. The lowest BCUT2D eigenvalue weighted by molar-refractivity contribution is -0.118. The van der Waals surface area contributed by atoms with Crippen molar-refractivity contribution in [3.05, 3.63) is 58.1 Å². The molecule has 1 aromatic heterocycles. The molecular weight excluding hydrogens is 514 g/mol.